The highest BCUT2D eigenvalue weighted by molar-refractivity contribution is 6.07. The van der Waals surface area contributed by atoms with Crippen LogP contribution in [0.4, 0.5) is 0 Å². The summed E-state index contributed by atoms with van der Waals surface area (Å²) in [5.41, 5.74) is 1.07. The van der Waals surface area contributed by atoms with E-state index in [1.165, 1.54) is 13.3 Å². The topological polar surface area (TPSA) is 88.5 Å². The Hall–Kier alpha value is -2.47. The molecule has 1 atom stereocenters. The van der Waals surface area contributed by atoms with E-state index in [2.05, 4.69) is 15.0 Å². The number of ether oxygens (including phenoxy) is 1. The van der Waals surface area contributed by atoms with Crippen LogP contribution in [0, 0.1) is 0 Å². The van der Waals surface area contributed by atoms with E-state index < -0.39 is 24.5 Å². The summed E-state index contributed by atoms with van der Waals surface area (Å²) in [5, 5.41) is 12.2. The number of aliphatic hydroxyl groups excluding tert-OH is 1. The van der Waals surface area contributed by atoms with Gasteiger partial charge in [0.1, 0.15) is 0 Å². The molecule has 0 spiro atoms. The van der Waals surface area contributed by atoms with Crippen molar-refractivity contribution in [1.29, 1.82) is 0 Å². The maximum Gasteiger partial charge on any atom is 0.330 e. The molecule has 1 heterocycles. The highest BCUT2D eigenvalue weighted by Gasteiger charge is 2.22. The highest BCUT2D eigenvalue weighted by Crippen LogP contribution is 2.16. The molecule has 0 fully saturated rings. The number of nitrogens with one attached hydrogen (secondary N) is 1. The van der Waals surface area contributed by atoms with E-state index in [9.17, 15) is 9.59 Å². The van der Waals surface area contributed by atoms with Gasteiger partial charge in [0.15, 0.2) is 6.04 Å². The van der Waals surface area contributed by atoms with Crippen LogP contribution in [0.1, 0.15) is 10.4 Å². The first kappa shape index (κ1) is 14.0. The maximum atomic E-state index is 12.2. The molecule has 1 aromatic heterocycles. The molecule has 1 aromatic carbocycles. The van der Waals surface area contributed by atoms with E-state index in [0.29, 0.717) is 16.5 Å². The van der Waals surface area contributed by atoms with Crippen molar-refractivity contribution in [2.45, 2.75) is 6.04 Å². The summed E-state index contributed by atoms with van der Waals surface area (Å²) in [7, 11) is 1.19. The Kier molecular flexibility index (Phi) is 4.27. The minimum absolute atomic E-state index is 0.387. The third kappa shape index (κ3) is 2.75. The summed E-state index contributed by atoms with van der Waals surface area (Å²) in [5.74, 6) is -1.16. The first-order valence-electron chi connectivity index (χ1n) is 6.00. The number of pyridine rings is 1. The van der Waals surface area contributed by atoms with Gasteiger partial charge in [-0.25, -0.2) is 4.79 Å². The van der Waals surface area contributed by atoms with Crippen LogP contribution in [0.2, 0.25) is 0 Å². The Labute approximate surface area is 115 Å². The van der Waals surface area contributed by atoms with Gasteiger partial charge in [0.05, 0.1) is 24.8 Å². The quantitative estimate of drug-likeness (QED) is 0.792. The Morgan fingerprint density at radius 3 is 2.80 bits per heavy atom. The van der Waals surface area contributed by atoms with Crippen LogP contribution in [-0.4, -0.2) is 41.7 Å². The van der Waals surface area contributed by atoms with Crippen molar-refractivity contribution in [3.63, 3.8) is 0 Å². The molecule has 0 saturated carbocycles. The summed E-state index contributed by atoms with van der Waals surface area (Å²) in [4.78, 5) is 27.7. The molecule has 2 N–H and O–H groups in total. The fraction of sp³-hybridized carbons (Fsp3) is 0.214. The number of aliphatic hydroxyl groups is 1. The van der Waals surface area contributed by atoms with Gasteiger partial charge in [0.25, 0.3) is 5.91 Å². The van der Waals surface area contributed by atoms with E-state index in [1.54, 1.807) is 24.3 Å². The fourth-order valence-electron chi connectivity index (χ4n) is 1.85. The Morgan fingerprint density at radius 2 is 2.10 bits per heavy atom. The molecule has 0 aliphatic heterocycles. The van der Waals surface area contributed by atoms with Crippen molar-refractivity contribution in [3.8, 4) is 0 Å². The van der Waals surface area contributed by atoms with Crippen molar-refractivity contribution in [2.24, 2.45) is 0 Å². The predicted molar refractivity (Wildman–Crippen MR) is 72.1 cm³/mol. The van der Waals surface area contributed by atoms with Crippen molar-refractivity contribution < 1.29 is 19.4 Å². The SMILES string of the molecule is COC(=O)C(CO)NC(=O)c1ccnc2ccccc12. The molecule has 0 aliphatic rings. The molecule has 0 saturated heterocycles. The summed E-state index contributed by atoms with van der Waals surface area (Å²) in [6.45, 7) is -0.526. The van der Waals surface area contributed by atoms with E-state index >= 15 is 0 Å². The van der Waals surface area contributed by atoms with Gasteiger partial charge in [0, 0.05) is 11.6 Å². The number of nitrogens with zero attached hydrogens (tertiary/aromatic N) is 1. The summed E-state index contributed by atoms with van der Waals surface area (Å²) in [6.07, 6.45) is 1.52. The first-order chi connectivity index (χ1) is 9.67. The normalized spacial score (nSPS) is 11.9. The molecule has 1 unspecified atom stereocenters. The number of esters is 1. The van der Waals surface area contributed by atoms with E-state index in [1.807, 2.05) is 6.07 Å². The molecule has 104 valence electrons. The lowest BCUT2D eigenvalue weighted by Crippen LogP contribution is -2.44. The van der Waals surface area contributed by atoms with Crippen LogP contribution < -0.4 is 5.32 Å². The van der Waals surface area contributed by atoms with Crippen molar-refractivity contribution in [2.75, 3.05) is 13.7 Å². The van der Waals surface area contributed by atoms with Gasteiger partial charge in [-0.05, 0) is 12.1 Å². The van der Waals surface area contributed by atoms with E-state index in [4.69, 9.17) is 5.11 Å². The van der Waals surface area contributed by atoms with Crippen LogP contribution in [0.25, 0.3) is 10.9 Å². The van der Waals surface area contributed by atoms with Crippen LogP contribution in [0.5, 0.6) is 0 Å². The molecule has 2 aromatic rings. The minimum Gasteiger partial charge on any atom is -0.467 e. The minimum atomic E-state index is -1.08. The number of carbonyl (C=O) groups is 2. The molecule has 6 heteroatoms. The maximum absolute atomic E-state index is 12.2. The van der Waals surface area contributed by atoms with E-state index in [0.717, 1.165) is 0 Å². The zero-order valence-electron chi connectivity index (χ0n) is 10.9. The highest BCUT2D eigenvalue weighted by atomic mass is 16.5. The molecular weight excluding hydrogens is 260 g/mol. The van der Waals surface area contributed by atoms with Crippen LogP contribution in [0.15, 0.2) is 36.5 Å². The Bertz CT molecular complexity index is 637. The van der Waals surface area contributed by atoms with Crippen LogP contribution >= 0.6 is 0 Å². The molecule has 1 amide bonds. The van der Waals surface area contributed by atoms with Crippen molar-refractivity contribution >= 4 is 22.8 Å². The Balaban J connectivity index is 2.30. The third-order valence-electron chi connectivity index (χ3n) is 2.87. The van der Waals surface area contributed by atoms with Gasteiger partial charge in [-0.1, -0.05) is 18.2 Å². The average molecular weight is 274 g/mol. The second-order valence-electron chi connectivity index (χ2n) is 4.11. The number of hydrogen-bond donors (Lipinski definition) is 2. The number of rotatable bonds is 4. The molecule has 0 aliphatic carbocycles. The van der Waals surface area contributed by atoms with Crippen LogP contribution in [-0.2, 0) is 9.53 Å². The molecule has 20 heavy (non-hydrogen) atoms. The number of amides is 1. The number of carbonyl (C=O) groups excluding carboxylic acids is 2. The van der Waals surface area contributed by atoms with Gasteiger partial charge < -0.3 is 15.2 Å². The molecule has 0 radical (unpaired) electrons. The summed E-state index contributed by atoms with van der Waals surface area (Å²) in [6, 6.07) is 7.65. The summed E-state index contributed by atoms with van der Waals surface area (Å²) < 4.78 is 4.50. The average Bonchev–Trinajstić information content (AvgIpc) is 2.51. The number of fused-ring (bicyclic) bond motifs is 1. The fourth-order valence-corrected chi connectivity index (χ4v) is 1.85. The van der Waals surface area contributed by atoms with Gasteiger partial charge in [0.2, 0.25) is 0 Å². The Morgan fingerprint density at radius 1 is 1.35 bits per heavy atom. The van der Waals surface area contributed by atoms with Gasteiger partial charge >= 0.3 is 5.97 Å². The smallest absolute Gasteiger partial charge is 0.330 e. The largest absolute Gasteiger partial charge is 0.467 e. The lowest BCUT2D eigenvalue weighted by Gasteiger charge is -2.14. The number of para-hydroxylation sites is 1. The second-order valence-corrected chi connectivity index (χ2v) is 4.11. The van der Waals surface area contributed by atoms with Crippen molar-refractivity contribution in [3.05, 3.63) is 42.1 Å². The molecule has 6 nitrogen and oxygen atoms in total. The predicted octanol–water partition coefficient (Wildman–Crippen LogP) is 0.498. The van der Waals surface area contributed by atoms with Gasteiger partial charge in [-0.3, -0.25) is 9.78 Å². The van der Waals surface area contributed by atoms with Crippen molar-refractivity contribution in [1.82, 2.24) is 10.3 Å². The number of methoxy groups -OCH3 is 1. The van der Waals surface area contributed by atoms with E-state index in [-0.39, 0.29) is 0 Å². The number of aromatic nitrogens is 1. The lowest BCUT2D eigenvalue weighted by molar-refractivity contribution is -0.143. The number of hydrogen-bond acceptors (Lipinski definition) is 5. The molecule has 2 rings (SSSR count). The van der Waals surface area contributed by atoms with Crippen LogP contribution in [0.3, 0.4) is 0 Å². The number of benzene rings is 1. The second kappa shape index (κ2) is 6.12. The third-order valence-corrected chi connectivity index (χ3v) is 2.87. The van der Waals surface area contributed by atoms with Gasteiger partial charge in [-0.2, -0.15) is 0 Å². The molecular formula is C14H14N2O4. The zero-order valence-corrected chi connectivity index (χ0v) is 10.9. The lowest BCUT2D eigenvalue weighted by atomic mass is 10.1. The first-order valence-corrected chi connectivity index (χ1v) is 6.00. The van der Waals surface area contributed by atoms with Gasteiger partial charge in [-0.15, -0.1) is 0 Å². The molecule has 0 bridgehead atoms. The zero-order chi connectivity index (χ0) is 14.5. The monoisotopic (exact) mass is 274 g/mol. The summed E-state index contributed by atoms with van der Waals surface area (Å²) >= 11 is 0. The standard InChI is InChI=1S/C14H14N2O4/c1-20-14(19)12(8-17)16-13(18)10-6-7-15-11-5-3-2-4-9(10)11/h2-7,12,17H,8H2,1H3,(H,16,18).